The fourth-order valence-electron chi connectivity index (χ4n) is 3.54. The van der Waals surface area contributed by atoms with Crippen LogP contribution >= 0.6 is 23.2 Å². The first-order valence-electron chi connectivity index (χ1n) is 10.6. The lowest BCUT2D eigenvalue weighted by molar-refractivity contribution is -0.133. The van der Waals surface area contributed by atoms with E-state index in [1.807, 2.05) is 19.1 Å². The molecule has 1 fully saturated rings. The Morgan fingerprint density at radius 1 is 1.16 bits per heavy atom. The predicted molar refractivity (Wildman–Crippen MR) is 127 cm³/mol. The second kappa shape index (κ2) is 11.7. The van der Waals surface area contributed by atoms with Gasteiger partial charge in [-0.3, -0.25) is 4.79 Å². The summed E-state index contributed by atoms with van der Waals surface area (Å²) in [4.78, 5) is 14.1. The number of nitrogens with zero attached hydrogens (tertiary/aromatic N) is 1. The maximum absolute atomic E-state index is 12.3. The molecular formula is C23H29Cl2N3O4. The fourth-order valence-corrected chi connectivity index (χ4v) is 4.21. The number of carbonyl (C=O) groups is 1. The van der Waals surface area contributed by atoms with Crippen molar-refractivity contribution in [2.75, 3.05) is 44.7 Å². The standard InChI is InChI=1S/C23H29Cl2N3O4/c1-15(23(31)17-2-4-18(29)5-3-17)26-7-6-16-12-19(24)22(20(25)13-16)27-14-21(30)28-8-10-32-11-9-28/h2-5,12-13,15,23,26-27,29,31H,6-11,14H2,1H3/t15-,23-/m0/s1. The van der Waals surface area contributed by atoms with E-state index in [1.54, 1.807) is 29.2 Å². The van der Waals surface area contributed by atoms with Crippen LogP contribution in [-0.4, -0.2) is 66.5 Å². The van der Waals surface area contributed by atoms with Gasteiger partial charge in [0.05, 0.1) is 41.6 Å². The lowest BCUT2D eigenvalue weighted by atomic mass is 10.0. The number of hydrogen-bond acceptors (Lipinski definition) is 6. The SMILES string of the molecule is C[C@H](NCCc1cc(Cl)c(NCC(=O)N2CCOCC2)c(Cl)c1)[C@H](O)c1ccc(O)cc1. The van der Waals surface area contributed by atoms with Gasteiger partial charge in [-0.2, -0.15) is 0 Å². The number of ether oxygens (including phenoxy) is 1. The summed E-state index contributed by atoms with van der Waals surface area (Å²) in [6, 6.07) is 9.99. The summed E-state index contributed by atoms with van der Waals surface area (Å²) < 4.78 is 5.27. The summed E-state index contributed by atoms with van der Waals surface area (Å²) in [6.07, 6.45) is -0.0302. The van der Waals surface area contributed by atoms with Crippen molar-refractivity contribution in [3.05, 3.63) is 57.6 Å². The zero-order valence-corrected chi connectivity index (χ0v) is 19.5. The molecule has 1 amide bonds. The van der Waals surface area contributed by atoms with Crippen molar-refractivity contribution in [3.8, 4) is 5.75 Å². The van der Waals surface area contributed by atoms with Crippen LogP contribution in [-0.2, 0) is 16.0 Å². The van der Waals surface area contributed by atoms with Gasteiger partial charge in [-0.1, -0.05) is 35.3 Å². The second-order valence-electron chi connectivity index (χ2n) is 7.81. The Hall–Kier alpha value is -2.03. The van der Waals surface area contributed by atoms with Gasteiger partial charge in [-0.25, -0.2) is 0 Å². The molecule has 3 rings (SSSR count). The minimum Gasteiger partial charge on any atom is -0.508 e. The maximum atomic E-state index is 12.3. The van der Waals surface area contributed by atoms with Crippen molar-refractivity contribution < 1.29 is 19.7 Å². The van der Waals surface area contributed by atoms with Crippen LogP contribution in [0.15, 0.2) is 36.4 Å². The number of rotatable bonds is 9. The minimum absolute atomic E-state index is 0.0186. The van der Waals surface area contributed by atoms with Crippen molar-refractivity contribution in [2.24, 2.45) is 0 Å². The molecule has 4 N–H and O–H groups in total. The zero-order valence-electron chi connectivity index (χ0n) is 18.0. The lowest BCUT2D eigenvalue weighted by Crippen LogP contribution is -2.43. The fraction of sp³-hybridized carbons (Fsp3) is 0.435. The van der Waals surface area contributed by atoms with E-state index >= 15 is 0 Å². The smallest absolute Gasteiger partial charge is 0.242 e. The highest BCUT2D eigenvalue weighted by Crippen LogP contribution is 2.32. The third-order valence-electron chi connectivity index (χ3n) is 5.47. The summed E-state index contributed by atoms with van der Waals surface area (Å²) in [7, 11) is 0. The molecule has 9 heteroatoms. The first-order chi connectivity index (χ1) is 15.3. The second-order valence-corrected chi connectivity index (χ2v) is 8.62. The van der Waals surface area contributed by atoms with Crippen LogP contribution in [0, 0.1) is 0 Å². The molecular weight excluding hydrogens is 453 g/mol. The number of carbonyl (C=O) groups excluding carboxylic acids is 1. The van der Waals surface area contributed by atoms with Crippen LogP contribution in [0.4, 0.5) is 5.69 Å². The number of hydrogen-bond donors (Lipinski definition) is 4. The largest absolute Gasteiger partial charge is 0.508 e. The van der Waals surface area contributed by atoms with E-state index in [-0.39, 0.29) is 24.2 Å². The molecule has 2 aromatic rings. The van der Waals surface area contributed by atoms with Gasteiger partial charge in [0.2, 0.25) is 5.91 Å². The molecule has 0 aliphatic carbocycles. The number of morpholine rings is 1. The number of anilines is 1. The quantitative estimate of drug-likeness (QED) is 0.439. The molecule has 0 spiro atoms. The van der Waals surface area contributed by atoms with Gasteiger partial charge in [0.1, 0.15) is 5.75 Å². The van der Waals surface area contributed by atoms with Crippen LogP contribution in [0.2, 0.25) is 10.0 Å². The third-order valence-corrected chi connectivity index (χ3v) is 6.07. The summed E-state index contributed by atoms with van der Waals surface area (Å²) >= 11 is 12.8. The predicted octanol–water partition coefficient (Wildman–Crippen LogP) is 3.22. The Labute approximate surface area is 198 Å². The molecule has 0 bridgehead atoms. The van der Waals surface area contributed by atoms with Crippen LogP contribution < -0.4 is 10.6 Å². The van der Waals surface area contributed by atoms with Gasteiger partial charge in [0.25, 0.3) is 0 Å². The first kappa shape index (κ1) is 24.6. The highest BCUT2D eigenvalue weighted by molar-refractivity contribution is 6.39. The van der Waals surface area contributed by atoms with E-state index in [0.717, 1.165) is 11.1 Å². The number of halogens is 2. The number of aliphatic hydroxyl groups excluding tert-OH is 1. The zero-order chi connectivity index (χ0) is 23.1. The molecule has 1 saturated heterocycles. The maximum Gasteiger partial charge on any atom is 0.242 e. The Balaban J connectivity index is 1.49. The number of nitrogens with one attached hydrogen (secondary N) is 2. The normalized spacial score (nSPS) is 15.9. The summed E-state index contributed by atoms with van der Waals surface area (Å²) in [5, 5.41) is 27.1. The molecule has 2 aromatic carbocycles. The van der Waals surface area contributed by atoms with Crippen molar-refractivity contribution >= 4 is 34.8 Å². The van der Waals surface area contributed by atoms with Gasteiger partial charge in [0, 0.05) is 19.1 Å². The van der Waals surface area contributed by atoms with Crippen molar-refractivity contribution in [2.45, 2.75) is 25.5 Å². The van der Waals surface area contributed by atoms with E-state index in [2.05, 4.69) is 10.6 Å². The van der Waals surface area contributed by atoms with Crippen LogP contribution in [0.1, 0.15) is 24.2 Å². The summed E-state index contributed by atoms with van der Waals surface area (Å²) in [6.45, 7) is 4.93. The molecule has 1 aliphatic rings. The highest BCUT2D eigenvalue weighted by atomic mass is 35.5. The Morgan fingerprint density at radius 2 is 1.78 bits per heavy atom. The molecule has 0 aromatic heterocycles. The van der Waals surface area contributed by atoms with E-state index < -0.39 is 6.10 Å². The van der Waals surface area contributed by atoms with E-state index in [1.165, 1.54) is 0 Å². The topological polar surface area (TPSA) is 94.1 Å². The average Bonchev–Trinajstić information content (AvgIpc) is 2.79. The monoisotopic (exact) mass is 481 g/mol. The number of aromatic hydroxyl groups is 1. The molecule has 7 nitrogen and oxygen atoms in total. The van der Waals surface area contributed by atoms with Gasteiger partial charge in [0.15, 0.2) is 0 Å². The first-order valence-corrected chi connectivity index (χ1v) is 11.4. The number of aliphatic hydroxyl groups is 1. The minimum atomic E-state index is -0.696. The number of benzene rings is 2. The average molecular weight is 482 g/mol. The van der Waals surface area contributed by atoms with Crippen molar-refractivity contribution in [1.29, 1.82) is 0 Å². The van der Waals surface area contributed by atoms with Gasteiger partial charge in [-0.05, 0) is 55.3 Å². The highest BCUT2D eigenvalue weighted by Gasteiger charge is 2.18. The molecule has 0 unspecified atom stereocenters. The Bertz CT molecular complexity index is 882. The van der Waals surface area contributed by atoms with E-state index in [4.69, 9.17) is 27.9 Å². The molecule has 0 radical (unpaired) electrons. The number of phenolic OH excluding ortho intramolecular Hbond substituents is 1. The van der Waals surface area contributed by atoms with Gasteiger partial charge in [-0.15, -0.1) is 0 Å². The van der Waals surface area contributed by atoms with Crippen molar-refractivity contribution in [1.82, 2.24) is 10.2 Å². The molecule has 174 valence electrons. The third kappa shape index (κ3) is 6.73. The molecule has 2 atom stereocenters. The number of phenols is 1. The summed E-state index contributed by atoms with van der Waals surface area (Å²) in [5.41, 5.74) is 2.22. The lowest BCUT2D eigenvalue weighted by Gasteiger charge is -2.27. The van der Waals surface area contributed by atoms with E-state index in [9.17, 15) is 15.0 Å². The van der Waals surface area contributed by atoms with E-state index in [0.29, 0.717) is 55.0 Å². The van der Waals surface area contributed by atoms with Crippen LogP contribution in [0.5, 0.6) is 5.75 Å². The summed E-state index contributed by atoms with van der Waals surface area (Å²) in [5.74, 6) is 0.147. The van der Waals surface area contributed by atoms with Gasteiger partial charge < -0.3 is 30.5 Å². The van der Waals surface area contributed by atoms with Crippen LogP contribution in [0.25, 0.3) is 0 Å². The Kier molecular flexibility index (Phi) is 9.02. The molecule has 1 heterocycles. The molecule has 0 saturated carbocycles. The van der Waals surface area contributed by atoms with Crippen LogP contribution in [0.3, 0.4) is 0 Å². The van der Waals surface area contributed by atoms with Crippen molar-refractivity contribution in [3.63, 3.8) is 0 Å². The molecule has 32 heavy (non-hydrogen) atoms. The Morgan fingerprint density at radius 3 is 2.41 bits per heavy atom. The van der Waals surface area contributed by atoms with Gasteiger partial charge >= 0.3 is 0 Å². The molecule has 1 aliphatic heterocycles. The number of amides is 1.